The lowest BCUT2D eigenvalue weighted by Gasteiger charge is -2.20. The number of hydrogen-bond acceptors (Lipinski definition) is 3. The molecule has 0 fully saturated rings. The molecule has 78 valence electrons. The zero-order chi connectivity index (χ0) is 10.3. The van der Waals surface area contributed by atoms with Gasteiger partial charge in [0.15, 0.2) is 0 Å². The first-order valence-electron chi connectivity index (χ1n) is 4.59. The lowest BCUT2D eigenvalue weighted by atomic mass is 10.5. The molecule has 0 rings (SSSR count). The van der Waals surface area contributed by atoms with Crippen molar-refractivity contribution in [3.63, 3.8) is 0 Å². The fourth-order valence-corrected chi connectivity index (χ4v) is 2.11. The second-order valence-electron chi connectivity index (χ2n) is 3.28. The van der Waals surface area contributed by atoms with Crippen LogP contribution in [0.25, 0.3) is 0 Å². The maximum atomic E-state index is 5.51. The fraction of sp³-hybridized carbons (Fsp3) is 0.778. The maximum absolute atomic E-state index is 5.51. The van der Waals surface area contributed by atoms with E-state index < -0.39 is 9.53 Å². The molecule has 0 bridgehead atoms. The predicted octanol–water partition coefficient (Wildman–Crippen LogP) is 1.76. The normalized spacial score (nSPS) is 11.6. The number of hydrogen-bond donors (Lipinski definition) is 0. The topological polar surface area (TPSA) is 27.7 Å². The highest BCUT2D eigenvalue weighted by Crippen LogP contribution is 2.01. The highest BCUT2D eigenvalue weighted by atomic mass is 28.3. The molecule has 0 aliphatic rings. The second kappa shape index (κ2) is 7.26. The Morgan fingerprint density at radius 1 is 1.15 bits per heavy atom. The largest absolute Gasteiger partial charge is 0.484 e. The van der Waals surface area contributed by atoms with Crippen LogP contribution in [0.5, 0.6) is 0 Å². The first-order chi connectivity index (χ1) is 6.06. The summed E-state index contributed by atoms with van der Waals surface area (Å²) in [5, 5.41) is 0. The lowest BCUT2D eigenvalue weighted by Crippen LogP contribution is -2.32. The van der Waals surface area contributed by atoms with Crippen molar-refractivity contribution in [2.24, 2.45) is 0 Å². The van der Waals surface area contributed by atoms with Crippen molar-refractivity contribution >= 4 is 9.53 Å². The molecule has 0 spiro atoms. The van der Waals surface area contributed by atoms with E-state index in [-0.39, 0.29) is 12.2 Å². The standard InChI is InChI=1S/C9H20O3Si/c1-6-7-10-13(11-8(2)3)12-9(4)5/h6,8-9,13H,1,7H2,2-5H3. The Morgan fingerprint density at radius 2 is 1.62 bits per heavy atom. The molecule has 3 nitrogen and oxygen atoms in total. The molecule has 0 atom stereocenters. The predicted molar refractivity (Wildman–Crippen MR) is 55.7 cm³/mol. The van der Waals surface area contributed by atoms with Gasteiger partial charge >= 0.3 is 9.53 Å². The van der Waals surface area contributed by atoms with E-state index in [0.717, 1.165) is 0 Å². The average molecular weight is 204 g/mol. The maximum Gasteiger partial charge on any atom is 0.484 e. The van der Waals surface area contributed by atoms with Crippen LogP contribution in [0, 0.1) is 0 Å². The van der Waals surface area contributed by atoms with Gasteiger partial charge in [0.25, 0.3) is 0 Å². The van der Waals surface area contributed by atoms with Crippen molar-refractivity contribution in [2.45, 2.75) is 39.9 Å². The molecular formula is C9H20O3Si. The molecule has 0 radical (unpaired) electrons. The summed E-state index contributed by atoms with van der Waals surface area (Å²) in [5.74, 6) is 0. The molecule has 0 aliphatic carbocycles. The Bertz CT molecular complexity index is 127. The Kier molecular flexibility index (Phi) is 7.17. The Hall–Kier alpha value is -0.163. The summed E-state index contributed by atoms with van der Waals surface area (Å²) in [6.45, 7) is 12.0. The van der Waals surface area contributed by atoms with Gasteiger partial charge in [0.05, 0.1) is 6.61 Å². The van der Waals surface area contributed by atoms with Crippen LogP contribution in [0.15, 0.2) is 12.7 Å². The van der Waals surface area contributed by atoms with Crippen LogP contribution in [-0.2, 0) is 13.3 Å². The average Bonchev–Trinajstić information content (AvgIpc) is 1.98. The fourth-order valence-electron chi connectivity index (χ4n) is 0.702. The summed E-state index contributed by atoms with van der Waals surface area (Å²) in [6, 6.07) is 0. The van der Waals surface area contributed by atoms with Crippen molar-refractivity contribution in [3.05, 3.63) is 12.7 Å². The Labute approximate surface area is 82.7 Å². The summed E-state index contributed by atoms with van der Waals surface area (Å²) in [6.07, 6.45) is 2.01. The van der Waals surface area contributed by atoms with Gasteiger partial charge in [-0.25, -0.2) is 0 Å². The molecule has 0 saturated carbocycles. The molecule has 0 amide bonds. The Morgan fingerprint density at radius 3 is 1.92 bits per heavy atom. The Balaban J connectivity index is 3.79. The van der Waals surface area contributed by atoms with Crippen LogP contribution < -0.4 is 0 Å². The minimum Gasteiger partial charge on any atom is -0.373 e. The molecular weight excluding hydrogens is 184 g/mol. The number of rotatable bonds is 7. The monoisotopic (exact) mass is 204 g/mol. The summed E-state index contributed by atoms with van der Waals surface area (Å²) in [4.78, 5) is 0. The SMILES string of the molecule is C=CCO[SiH](OC(C)C)OC(C)C. The van der Waals surface area contributed by atoms with Crippen LogP contribution in [0.2, 0.25) is 0 Å². The lowest BCUT2D eigenvalue weighted by molar-refractivity contribution is 0.0568. The van der Waals surface area contributed by atoms with E-state index in [4.69, 9.17) is 13.3 Å². The van der Waals surface area contributed by atoms with Gasteiger partial charge in [0.2, 0.25) is 0 Å². The van der Waals surface area contributed by atoms with Crippen molar-refractivity contribution in [2.75, 3.05) is 6.61 Å². The minimum absolute atomic E-state index is 0.153. The molecule has 13 heavy (non-hydrogen) atoms. The van der Waals surface area contributed by atoms with E-state index in [2.05, 4.69) is 6.58 Å². The van der Waals surface area contributed by atoms with Gasteiger partial charge in [0, 0.05) is 12.2 Å². The first kappa shape index (κ1) is 12.8. The minimum atomic E-state index is -1.94. The van der Waals surface area contributed by atoms with Crippen LogP contribution >= 0.6 is 0 Å². The van der Waals surface area contributed by atoms with E-state index >= 15 is 0 Å². The first-order valence-corrected chi connectivity index (χ1v) is 6.01. The van der Waals surface area contributed by atoms with Gasteiger partial charge in [-0.2, -0.15) is 0 Å². The molecule has 0 aromatic rings. The van der Waals surface area contributed by atoms with Gasteiger partial charge in [-0.05, 0) is 27.7 Å². The third kappa shape index (κ3) is 8.17. The van der Waals surface area contributed by atoms with Gasteiger partial charge in [-0.3, -0.25) is 0 Å². The summed E-state index contributed by atoms with van der Waals surface area (Å²) < 4.78 is 16.4. The molecule has 0 unspecified atom stereocenters. The third-order valence-corrected chi connectivity index (χ3v) is 3.11. The van der Waals surface area contributed by atoms with Crippen LogP contribution in [0.1, 0.15) is 27.7 Å². The van der Waals surface area contributed by atoms with Gasteiger partial charge in [-0.15, -0.1) is 6.58 Å². The zero-order valence-corrected chi connectivity index (χ0v) is 10.1. The van der Waals surface area contributed by atoms with Gasteiger partial charge < -0.3 is 13.3 Å². The summed E-state index contributed by atoms with van der Waals surface area (Å²) in [7, 11) is -1.94. The van der Waals surface area contributed by atoms with E-state index in [9.17, 15) is 0 Å². The van der Waals surface area contributed by atoms with Gasteiger partial charge in [-0.1, -0.05) is 6.08 Å². The van der Waals surface area contributed by atoms with E-state index in [0.29, 0.717) is 6.61 Å². The quantitative estimate of drug-likeness (QED) is 0.467. The molecule has 4 heteroatoms. The van der Waals surface area contributed by atoms with E-state index in [1.807, 2.05) is 27.7 Å². The van der Waals surface area contributed by atoms with Gasteiger partial charge in [0.1, 0.15) is 0 Å². The van der Waals surface area contributed by atoms with Crippen LogP contribution in [0.3, 0.4) is 0 Å². The highest BCUT2D eigenvalue weighted by molar-refractivity contribution is 6.36. The van der Waals surface area contributed by atoms with Crippen molar-refractivity contribution in [1.29, 1.82) is 0 Å². The molecule has 0 N–H and O–H groups in total. The molecule has 0 saturated heterocycles. The second-order valence-corrected chi connectivity index (χ2v) is 4.74. The van der Waals surface area contributed by atoms with E-state index in [1.165, 1.54) is 0 Å². The zero-order valence-electron chi connectivity index (χ0n) is 8.95. The molecule has 0 aromatic heterocycles. The molecule has 0 aromatic carbocycles. The summed E-state index contributed by atoms with van der Waals surface area (Å²) in [5.41, 5.74) is 0. The summed E-state index contributed by atoms with van der Waals surface area (Å²) >= 11 is 0. The van der Waals surface area contributed by atoms with E-state index in [1.54, 1.807) is 6.08 Å². The van der Waals surface area contributed by atoms with Crippen molar-refractivity contribution < 1.29 is 13.3 Å². The molecule has 0 aliphatic heterocycles. The van der Waals surface area contributed by atoms with Crippen molar-refractivity contribution in [1.82, 2.24) is 0 Å². The van der Waals surface area contributed by atoms with Crippen molar-refractivity contribution in [3.8, 4) is 0 Å². The third-order valence-electron chi connectivity index (χ3n) is 1.12. The van der Waals surface area contributed by atoms with Crippen LogP contribution in [-0.4, -0.2) is 28.3 Å². The highest BCUT2D eigenvalue weighted by Gasteiger charge is 2.17. The molecule has 0 heterocycles. The van der Waals surface area contributed by atoms with Crippen LogP contribution in [0.4, 0.5) is 0 Å². The smallest absolute Gasteiger partial charge is 0.373 e.